The molecule has 0 spiro atoms. The summed E-state index contributed by atoms with van der Waals surface area (Å²) < 4.78 is 5.27. The summed E-state index contributed by atoms with van der Waals surface area (Å²) in [6.07, 6.45) is 6.45. The molecule has 0 bridgehead atoms. The second-order valence-corrected chi connectivity index (χ2v) is 9.37. The zero-order chi connectivity index (χ0) is 22.9. The quantitative estimate of drug-likeness (QED) is 0.674. The monoisotopic (exact) mass is 443 g/mol. The molecule has 1 aliphatic carbocycles. The van der Waals surface area contributed by atoms with Gasteiger partial charge in [0.05, 0.1) is 0 Å². The Hall–Kier alpha value is -2.57. The van der Waals surface area contributed by atoms with Crippen LogP contribution in [-0.2, 0) is 20.9 Å². The molecule has 7 heteroatoms. The van der Waals surface area contributed by atoms with Crippen LogP contribution in [-0.4, -0.2) is 48.0 Å². The molecule has 3 rings (SSSR count). The van der Waals surface area contributed by atoms with Crippen molar-refractivity contribution in [3.63, 3.8) is 0 Å². The Morgan fingerprint density at radius 1 is 1.00 bits per heavy atom. The number of ether oxygens (including phenoxy) is 1. The molecule has 176 valence electrons. The predicted octanol–water partition coefficient (Wildman–Crippen LogP) is 3.62. The predicted molar refractivity (Wildman–Crippen MR) is 123 cm³/mol. The van der Waals surface area contributed by atoms with Gasteiger partial charge in [0.1, 0.15) is 12.6 Å². The first kappa shape index (κ1) is 24.1. The number of hydrogen-bond acceptors (Lipinski definition) is 4. The van der Waals surface area contributed by atoms with Crippen molar-refractivity contribution < 1.29 is 19.1 Å². The fourth-order valence-corrected chi connectivity index (χ4v) is 4.57. The molecule has 0 radical (unpaired) electrons. The number of piperidine rings is 1. The van der Waals surface area contributed by atoms with Crippen LogP contribution >= 0.6 is 0 Å². The summed E-state index contributed by atoms with van der Waals surface area (Å²) in [5, 5.41) is 5.78. The molecule has 1 saturated heterocycles. The number of carbonyl (C=O) groups is 3. The van der Waals surface area contributed by atoms with Crippen LogP contribution in [0.3, 0.4) is 0 Å². The van der Waals surface area contributed by atoms with Crippen molar-refractivity contribution in [2.75, 3.05) is 13.1 Å². The smallest absolute Gasteiger partial charge is 0.408 e. The summed E-state index contributed by atoms with van der Waals surface area (Å²) in [6.45, 7) is 5.31. The summed E-state index contributed by atoms with van der Waals surface area (Å²) in [6, 6.07) is 8.78. The van der Waals surface area contributed by atoms with E-state index in [9.17, 15) is 14.4 Å². The van der Waals surface area contributed by atoms with E-state index >= 15 is 0 Å². The van der Waals surface area contributed by atoms with Crippen molar-refractivity contribution in [2.24, 2.45) is 11.8 Å². The first-order valence-electron chi connectivity index (χ1n) is 12.0. The van der Waals surface area contributed by atoms with Crippen LogP contribution in [0.4, 0.5) is 4.79 Å². The highest BCUT2D eigenvalue weighted by Gasteiger charge is 2.31. The van der Waals surface area contributed by atoms with E-state index in [1.165, 1.54) is 6.42 Å². The molecule has 0 aromatic heterocycles. The van der Waals surface area contributed by atoms with E-state index in [1.54, 1.807) is 0 Å². The van der Waals surface area contributed by atoms with Crippen LogP contribution in [0.25, 0.3) is 0 Å². The fraction of sp³-hybridized carbons (Fsp3) is 0.640. The molecule has 3 amide bonds. The third-order valence-corrected chi connectivity index (χ3v) is 6.54. The molecule has 1 aromatic rings. The van der Waals surface area contributed by atoms with E-state index in [2.05, 4.69) is 10.6 Å². The minimum atomic E-state index is -0.667. The van der Waals surface area contributed by atoms with Gasteiger partial charge in [-0.3, -0.25) is 9.59 Å². The largest absolute Gasteiger partial charge is 0.445 e. The Kier molecular flexibility index (Phi) is 8.94. The number of benzene rings is 1. The van der Waals surface area contributed by atoms with E-state index in [4.69, 9.17) is 4.74 Å². The topological polar surface area (TPSA) is 87.7 Å². The van der Waals surface area contributed by atoms with Crippen molar-refractivity contribution in [1.82, 2.24) is 15.5 Å². The lowest BCUT2D eigenvalue weighted by Gasteiger charge is -2.36. The minimum Gasteiger partial charge on any atom is -0.445 e. The molecule has 7 nitrogen and oxygen atoms in total. The Labute approximate surface area is 191 Å². The van der Waals surface area contributed by atoms with E-state index in [-0.39, 0.29) is 36.3 Å². The fourth-order valence-electron chi connectivity index (χ4n) is 4.57. The van der Waals surface area contributed by atoms with Crippen molar-refractivity contribution in [3.8, 4) is 0 Å². The maximum Gasteiger partial charge on any atom is 0.408 e. The highest BCUT2D eigenvalue weighted by Crippen LogP contribution is 2.26. The van der Waals surface area contributed by atoms with Gasteiger partial charge in [-0.05, 0) is 37.2 Å². The van der Waals surface area contributed by atoms with Crippen LogP contribution in [0.1, 0.15) is 64.4 Å². The summed E-state index contributed by atoms with van der Waals surface area (Å²) >= 11 is 0. The average Bonchev–Trinajstić information content (AvgIpc) is 2.82. The van der Waals surface area contributed by atoms with E-state index in [0.29, 0.717) is 13.1 Å². The van der Waals surface area contributed by atoms with Gasteiger partial charge in [-0.25, -0.2) is 4.79 Å². The number of alkyl carbamates (subject to hydrolysis) is 1. The van der Waals surface area contributed by atoms with Crippen LogP contribution < -0.4 is 10.6 Å². The number of nitrogens with one attached hydrogen (secondary N) is 2. The zero-order valence-corrected chi connectivity index (χ0v) is 19.3. The molecule has 1 saturated carbocycles. The molecule has 1 aliphatic heterocycles. The first-order valence-corrected chi connectivity index (χ1v) is 12.0. The third-order valence-electron chi connectivity index (χ3n) is 6.54. The van der Waals surface area contributed by atoms with Crippen molar-refractivity contribution >= 4 is 17.9 Å². The summed E-state index contributed by atoms with van der Waals surface area (Å²) in [5.41, 5.74) is 0.891. The Morgan fingerprint density at radius 2 is 1.66 bits per heavy atom. The maximum absolute atomic E-state index is 12.9. The lowest BCUT2D eigenvalue weighted by atomic mass is 9.87. The maximum atomic E-state index is 12.9. The van der Waals surface area contributed by atoms with E-state index in [1.807, 2.05) is 49.1 Å². The molecule has 1 aromatic carbocycles. The van der Waals surface area contributed by atoms with Crippen LogP contribution in [0, 0.1) is 11.8 Å². The lowest BCUT2D eigenvalue weighted by molar-refractivity contribution is -0.137. The van der Waals surface area contributed by atoms with Gasteiger partial charge in [0, 0.05) is 25.0 Å². The molecule has 2 aliphatic rings. The van der Waals surface area contributed by atoms with Gasteiger partial charge in [-0.15, -0.1) is 0 Å². The summed E-state index contributed by atoms with van der Waals surface area (Å²) in [5.74, 6) is 0.199. The van der Waals surface area contributed by atoms with Crippen LogP contribution in [0.5, 0.6) is 0 Å². The van der Waals surface area contributed by atoms with E-state index in [0.717, 1.165) is 44.1 Å². The highest BCUT2D eigenvalue weighted by molar-refractivity contribution is 5.86. The van der Waals surface area contributed by atoms with Crippen molar-refractivity contribution in [2.45, 2.75) is 77.5 Å². The Morgan fingerprint density at radius 3 is 2.28 bits per heavy atom. The van der Waals surface area contributed by atoms with Gasteiger partial charge in [-0.2, -0.15) is 0 Å². The van der Waals surface area contributed by atoms with Crippen molar-refractivity contribution in [1.29, 1.82) is 0 Å². The molecule has 2 fully saturated rings. The summed E-state index contributed by atoms with van der Waals surface area (Å²) in [7, 11) is 0. The minimum absolute atomic E-state index is 0.0151. The highest BCUT2D eigenvalue weighted by atomic mass is 16.5. The second-order valence-electron chi connectivity index (χ2n) is 9.37. The number of hydrogen-bond donors (Lipinski definition) is 2. The molecule has 0 unspecified atom stereocenters. The Bertz CT molecular complexity index is 754. The molecule has 2 N–H and O–H groups in total. The molecular weight excluding hydrogens is 406 g/mol. The number of amides is 3. The van der Waals surface area contributed by atoms with Gasteiger partial charge in [-0.1, -0.05) is 63.4 Å². The summed E-state index contributed by atoms with van der Waals surface area (Å²) in [4.78, 5) is 39.8. The number of carbonyl (C=O) groups excluding carboxylic acids is 3. The van der Waals surface area contributed by atoms with Gasteiger partial charge in [0.2, 0.25) is 11.8 Å². The van der Waals surface area contributed by atoms with Gasteiger partial charge in [0.25, 0.3) is 0 Å². The second kappa shape index (κ2) is 11.9. The third kappa shape index (κ3) is 6.97. The van der Waals surface area contributed by atoms with E-state index < -0.39 is 12.1 Å². The number of nitrogens with zero attached hydrogens (tertiary/aromatic N) is 1. The van der Waals surface area contributed by atoms with Crippen molar-refractivity contribution in [3.05, 3.63) is 35.9 Å². The van der Waals surface area contributed by atoms with Gasteiger partial charge >= 0.3 is 6.09 Å². The zero-order valence-electron chi connectivity index (χ0n) is 19.3. The number of likely N-dealkylation sites (tertiary alicyclic amines) is 1. The van der Waals surface area contributed by atoms with Gasteiger partial charge < -0.3 is 20.3 Å². The number of rotatable bonds is 7. The Balaban J connectivity index is 1.43. The molecule has 1 heterocycles. The van der Waals surface area contributed by atoms with Crippen LogP contribution in [0.2, 0.25) is 0 Å². The molecular formula is C25H37N3O4. The average molecular weight is 444 g/mol. The molecule has 32 heavy (non-hydrogen) atoms. The molecule has 1 atom stereocenters. The SMILES string of the molecule is CC(C)[C@H](NC(=O)OCc1ccccc1)C(=O)NC1CCN(C(=O)C2CCCCC2)CC1. The van der Waals surface area contributed by atoms with Gasteiger partial charge in [0.15, 0.2) is 0 Å². The first-order chi connectivity index (χ1) is 15.4. The lowest BCUT2D eigenvalue weighted by Crippen LogP contribution is -2.54. The standard InChI is InChI=1S/C25H37N3O4/c1-18(2)22(27-25(31)32-17-19-9-5-3-6-10-19)23(29)26-21-13-15-28(16-14-21)24(30)20-11-7-4-8-12-20/h3,5-6,9-10,18,20-22H,4,7-8,11-17H2,1-2H3,(H,26,29)(H,27,31)/t22-/m0/s1. The van der Waals surface area contributed by atoms with Crippen LogP contribution in [0.15, 0.2) is 30.3 Å². The normalized spacial score (nSPS) is 18.8.